The third-order valence-electron chi connectivity index (χ3n) is 13.8. The Hall–Kier alpha value is -6.09. The molecular formula is C45H48F3N9O6. The van der Waals surface area contributed by atoms with Gasteiger partial charge in [0.25, 0.3) is 17.7 Å². The highest BCUT2D eigenvalue weighted by Crippen LogP contribution is 2.44. The molecule has 18 heteroatoms. The number of likely N-dealkylation sites (tertiary alicyclic amines) is 1. The minimum absolute atomic E-state index is 0.0633. The normalized spacial score (nSPS) is 24.2. The zero-order chi connectivity index (χ0) is 44.0. The fourth-order valence-corrected chi connectivity index (χ4v) is 10.2. The van der Waals surface area contributed by atoms with E-state index in [2.05, 4.69) is 35.5 Å². The van der Waals surface area contributed by atoms with E-state index in [1.54, 1.807) is 24.3 Å². The molecule has 5 fully saturated rings. The van der Waals surface area contributed by atoms with Crippen molar-refractivity contribution in [3.05, 3.63) is 76.5 Å². The number of amides is 5. The van der Waals surface area contributed by atoms with Gasteiger partial charge in [-0.15, -0.1) is 10.2 Å². The number of fused-ring (bicyclic) bond motifs is 1. The second-order valence-corrected chi connectivity index (χ2v) is 17.9. The van der Waals surface area contributed by atoms with E-state index in [-0.39, 0.29) is 53.3 Å². The summed E-state index contributed by atoms with van der Waals surface area (Å²) in [6.45, 7) is 6.58. The smallest absolute Gasteiger partial charge is 0.417 e. The van der Waals surface area contributed by atoms with Gasteiger partial charge in [-0.25, -0.2) is 0 Å². The molecule has 2 N–H and O–H groups in total. The van der Waals surface area contributed by atoms with Gasteiger partial charge in [0, 0.05) is 56.3 Å². The number of piperidine rings is 3. The summed E-state index contributed by atoms with van der Waals surface area (Å²) in [5.74, 6) is -0.959. The molecule has 1 spiro atoms. The summed E-state index contributed by atoms with van der Waals surface area (Å²) in [6, 6.07) is 12.7. The number of rotatable bonds is 9. The van der Waals surface area contributed by atoms with Crippen LogP contribution in [0.3, 0.4) is 0 Å². The van der Waals surface area contributed by atoms with E-state index in [0.29, 0.717) is 37.2 Å². The molecule has 9 rings (SSSR count). The number of aromatic nitrogens is 2. The maximum absolute atomic E-state index is 13.4. The van der Waals surface area contributed by atoms with Crippen LogP contribution < -0.4 is 25.2 Å². The quantitative estimate of drug-likeness (QED) is 0.284. The Labute approximate surface area is 361 Å². The monoisotopic (exact) mass is 867 g/mol. The summed E-state index contributed by atoms with van der Waals surface area (Å²) in [4.78, 5) is 71.6. The van der Waals surface area contributed by atoms with Crippen LogP contribution in [0, 0.1) is 22.7 Å². The van der Waals surface area contributed by atoms with E-state index >= 15 is 0 Å². The van der Waals surface area contributed by atoms with Crippen molar-refractivity contribution in [1.29, 1.82) is 5.26 Å². The predicted molar refractivity (Wildman–Crippen MR) is 221 cm³/mol. The molecule has 2 aromatic carbocycles. The van der Waals surface area contributed by atoms with E-state index in [4.69, 9.17) is 10.00 Å². The van der Waals surface area contributed by atoms with Crippen LogP contribution in [0.25, 0.3) is 0 Å². The van der Waals surface area contributed by atoms with Crippen LogP contribution in [0.4, 0.5) is 24.7 Å². The molecule has 6 aliphatic rings. The van der Waals surface area contributed by atoms with Crippen molar-refractivity contribution in [3.63, 3.8) is 0 Å². The number of ether oxygens (including phenoxy) is 1. The third kappa shape index (κ3) is 8.67. The number of nitrogens with zero attached hydrogens (tertiary/aromatic N) is 7. The Morgan fingerprint density at radius 3 is 2.25 bits per heavy atom. The van der Waals surface area contributed by atoms with E-state index in [9.17, 15) is 37.1 Å². The highest BCUT2D eigenvalue weighted by Gasteiger charge is 2.48. The van der Waals surface area contributed by atoms with Crippen LogP contribution in [0.2, 0.25) is 0 Å². The molecule has 15 nitrogen and oxygen atoms in total. The third-order valence-corrected chi connectivity index (χ3v) is 13.8. The molecule has 5 aliphatic heterocycles. The van der Waals surface area contributed by atoms with Crippen LogP contribution in [-0.2, 0) is 15.8 Å². The fourth-order valence-electron chi connectivity index (χ4n) is 10.2. The molecular weight excluding hydrogens is 820 g/mol. The lowest BCUT2D eigenvalue weighted by Gasteiger charge is -2.55. The van der Waals surface area contributed by atoms with Gasteiger partial charge in [0.2, 0.25) is 11.8 Å². The highest BCUT2D eigenvalue weighted by atomic mass is 19.4. The zero-order valence-electron chi connectivity index (χ0n) is 34.7. The Morgan fingerprint density at radius 1 is 0.857 bits per heavy atom. The average Bonchev–Trinajstić information content (AvgIpc) is 3.51. The number of hydrogen-bond acceptors (Lipinski definition) is 12. The number of nitrogens with one attached hydrogen (secondary N) is 2. The molecule has 6 heterocycles. The van der Waals surface area contributed by atoms with Crippen molar-refractivity contribution < 1.29 is 41.9 Å². The summed E-state index contributed by atoms with van der Waals surface area (Å²) in [7, 11) is 0. The number of carbonyl (C=O) groups is 5. The second kappa shape index (κ2) is 16.9. The SMILES string of the molecule is N#Cc1ccc(O[C@H]2CC[C@H](NC(=O)c3ccc(N4CCC(CN5CCC6(CC5)CN(c5ccc7c(c5)C(=O)N(C5CCC(=O)NC5=O)C7=O)C6)CC4)nn3)CC2)cc1C(F)(F)F. The molecule has 1 unspecified atom stereocenters. The fraction of sp³-hybridized carbons (Fsp3) is 0.511. The van der Waals surface area contributed by atoms with Crippen LogP contribution >= 0.6 is 0 Å². The van der Waals surface area contributed by atoms with Crippen molar-refractivity contribution >= 4 is 41.0 Å². The van der Waals surface area contributed by atoms with Crippen LogP contribution in [-0.4, -0.2) is 114 Å². The van der Waals surface area contributed by atoms with E-state index in [1.165, 1.54) is 6.07 Å². The Kier molecular flexibility index (Phi) is 11.3. The summed E-state index contributed by atoms with van der Waals surface area (Å²) < 4.78 is 45.9. The Morgan fingerprint density at radius 2 is 1.59 bits per heavy atom. The number of imide groups is 2. The van der Waals surface area contributed by atoms with E-state index < -0.39 is 47.0 Å². The minimum Gasteiger partial charge on any atom is -0.490 e. The molecule has 330 valence electrons. The number of anilines is 2. The lowest BCUT2D eigenvalue weighted by atomic mass is 9.71. The van der Waals surface area contributed by atoms with Gasteiger partial charge < -0.3 is 24.8 Å². The van der Waals surface area contributed by atoms with Gasteiger partial charge in [0.05, 0.1) is 34.4 Å². The summed E-state index contributed by atoms with van der Waals surface area (Å²) in [6.07, 6.45) is 1.78. The Bertz CT molecular complexity index is 2340. The van der Waals surface area contributed by atoms with Gasteiger partial charge >= 0.3 is 6.18 Å². The number of benzene rings is 2. The van der Waals surface area contributed by atoms with E-state index in [1.807, 2.05) is 12.1 Å². The zero-order valence-corrected chi connectivity index (χ0v) is 34.7. The van der Waals surface area contributed by atoms with Crippen molar-refractivity contribution in [2.24, 2.45) is 11.3 Å². The van der Waals surface area contributed by atoms with Crippen LogP contribution in [0.5, 0.6) is 5.75 Å². The van der Waals surface area contributed by atoms with Gasteiger partial charge in [-0.3, -0.25) is 34.2 Å². The van der Waals surface area contributed by atoms with Gasteiger partial charge in [0.15, 0.2) is 11.5 Å². The number of hydrogen-bond donors (Lipinski definition) is 2. The standard InChI is InChI=1S/C45H48F3N9O6/c46-45(47,48)35-22-32(5-1-28(35)23-49)63-31-6-2-29(3-7-31)50-40(59)36-9-11-38(53-52-36)55-17-13-27(14-18-55)24-54-19-15-44(16-20-54)25-56(26-44)30-4-8-33-34(21-30)43(62)57(42(33)61)37-10-12-39(58)51-41(37)60/h1,4-5,8-9,11,21-22,27,29,31,37H,2-3,6-7,10,12-20,24-26H2,(H,50,59)(H,51,58,60)/t29-,31-,37?. The van der Waals surface area contributed by atoms with Crippen molar-refractivity contribution in [2.75, 3.05) is 55.6 Å². The molecule has 63 heavy (non-hydrogen) atoms. The second-order valence-electron chi connectivity index (χ2n) is 17.9. The Balaban J connectivity index is 0.682. The molecule has 5 amide bonds. The molecule has 1 saturated carbocycles. The van der Waals surface area contributed by atoms with Crippen molar-refractivity contribution in [1.82, 2.24) is 30.6 Å². The minimum atomic E-state index is -4.66. The van der Waals surface area contributed by atoms with Crippen molar-refractivity contribution in [2.45, 2.75) is 88.6 Å². The topological polar surface area (TPSA) is 181 Å². The summed E-state index contributed by atoms with van der Waals surface area (Å²) in [5, 5.41) is 22.9. The summed E-state index contributed by atoms with van der Waals surface area (Å²) in [5.41, 5.74) is 0.457. The van der Waals surface area contributed by atoms with Crippen molar-refractivity contribution in [3.8, 4) is 11.8 Å². The lowest BCUT2D eigenvalue weighted by molar-refractivity contribution is -0.138. The van der Waals surface area contributed by atoms with Crippen LogP contribution in [0.15, 0.2) is 48.5 Å². The molecule has 1 atom stereocenters. The highest BCUT2D eigenvalue weighted by molar-refractivity contribution is 6.23. The molecule has 4 saturated heterocycles. The molecule has 1 aliphatic carbocycles. The number of halogens is 3. The first-order valence-electron chi connectivity index (χ1n) is 21.8. The summed E-state index contributed by atoms with van der Waals surface area (Å²) >= 11 is 0. The predicted octanol–water partition coefficient (Wildman–Crippen LogP) is 4.71. The first-order valence-corrected chi connectivity index (χ1v) is 21.8. The number of nitriles is 1. The van der Waals surface area contributed by atoms with Gasteiger partial charge in [-0.05, 0) is 125 Å². The van der Waals surface area contributed by atoms with E-state index in [0.717, 1.165) is 100 Å². The first kappa shape index (κ1) is 42.2. The number of alkyl halides is 3. The lowest BCUT2D eigenvalue weighted by Crippen LogP contribution is -2.60. The van der Waals surface area contributed by atoms with Gasteiger partial charge in [-0.2, -0.15) is 18.4 Å². The molecule has 3 aromatic rings. The average molecular weight is 868 g/mol. The van der Waals surface area contributed by atoms with Gasteiger partial charge in [0.1, 0.15) is 11.8 Å². The molecule has 0 bridgehead atoms. The maximum Gasteiger partial charge on any atom is 0.417 e. The first-order chi connectivity index (χ1) is 30.3. The number of carbonyl (C=O) groups excluding carboxylic acids is 5. The van der Waals surface area contributed by atoms with Gasteiger partial charge in [-0.1, -0.05) is 0 Å². The van der Waals surface area contributed by atoms with Crippen LogP contribution in [0.1, 0.15) is 107 Å². The molecule has 1 aromatic heterocycles. The molecule has 0 radical (unpaired) electrons. The maximum atomic E-state index is 13.4. The largest absolute Gasteiger partial charge is 0.490 e.